The highest BCUT2D eigenvalue weighted by Crippen LogP contribution is 2.33. The van der Waals surface area contributed by atoms with E-state index >= 15 is 0 Å². The summed E-state index contributed by atoms with van der Waals surface area (Å²) in [5.74, 6) is -0.301. The molecule has 3 heterocycles. The van der Waals surface area contributed by atoms with E-state index in [1.165, 1.54) is 83.5 Å². The molecule has 0 aromatic heterocycles. The molecule has 3 aliphatic rings. The predicted octanol–water partition coefficient (Wildman–Crippen LogP) is 7.93. The minimum Gasteiger partial charge on any atom is -0.394 e. The summed E-state index contributed by atoms with van der Waals surface area (Å²) < 4.78 is 34.3. The third kappa shape index (κ3) is 32.2. The van der Waals surface area contributed by atoms with Crippen molar-refractivity contribution >= 4 is 5.91 Å². The van der Waals surface area contributed by atoms with E-state index in [-0.39, 0.29) is 18.9 Å². The van der Waals surface area contributed by atoms with Crippen LogP contribution in [0.2, 0.25) is 0 Å². The van der Waals surface area contributed by atoms with Crippen molar-refractivity contribution in [2.45, 2.75) is 311 Å². The topological polar surface area (TPSA) is 307 Å². The Bertz CT molecular complexity index is 1910. The van der Waals surface area contributed by atoms with E-state index in [4.69, 9.17) is 28.4 Å². The highest BCUT2D eigenvalue weighted by Gasteiger charge is 2.53. The average molecular weight is 1240 g/mol. The molecule has 0 bridgehead atoms. The first kappa shape index (κ1) is 78.2. The maximum absolute atomic E-state index is 13.4. The minimum absolute atomic E-state index is 0.218. The van der Waals surface area contributed by atoms with Crippen LogP contribution in [0.25, 0.3) is 0 Å². The number of allylic oxidation sites excluding steroid dienone is 13. The number of aliphatic hydroxyl groups excluding tert-OH is 11. The molecule has 87 heavy (non-hydrogen) atoms. The summed E-state index contributed by atoms with van der Waals surface area (Å²) in [5, 5.41) is 120. The Morgan fingerprint density at radius 1 is 0.425 bits per heavy atom. The molecule has 3 saturated heterocycles. The van der Waals surface area contributed by atoms with Crippen LogP contribution in [0, 0.1) is 0 Å². The zero-order valence-electron chi connectivity index (χ0n) is 52.7. The van der Waals surface area contributed by atoms with Crippen LogP contribution in [0.5, 0.6) is 0 Å². The zero-order valence-corrected chi connectivity index (χ0v) is 52.7. The van der Waals surface area contributed by atoms with E-state index in [2.05, 4.69) is 92.1 Å². The highest BCUT2D eigenvalue weighted by molar-refractivity contribution is 5.76. The summed E-state index contributed by atoms with van der Waals surface area (Å²) in [7, 11) is 0. The van der Waals surface area contributed by atoms with Gasteiger partial charge >= 0.3 is 0 Å². The Kier molecular flexibility index (Phi) is 44.6. The van der Waals surface area contributed by atoms with Gasteiger partial charge in [0.15, 0.2) is 18.9 Å². The molecule has 3 aliphatic heterocycles. The van der Waals surface area contributed by atoms with Gasteiger partial charge in [-0.1, -0.05) is 202 Å². The number of nitrogens with one attached hydrogen (secondary N) is 1. The highest BCUT2D eigenvalue weighted by atomic mass is 16.8. The normalized spacial score (nSPS) is 29.1. The van der Waals surface area contributed by atoms with Gasteiger partial charge in [-0.15, -0.1) is 0 Å². The molecule has 3 rings (SSSR count). The molecular weight excluding hydrogens is 1120 g/mol. The second kappa shape index (κ2) is 49.6. The van der Waals surface area contributed by atoms with Gasteiger partial charge in [0.2, 0.25) is 5.91 Å². The van der Waals surface area contributed by atoms with Crippen molar-refractivity contribution in [3.05, 3.63) is 85.1 Å². The lowest BCUT2D eigenvalue weighted by molar-refractivity contribution is -0.379. The van der Waals surface area contributed by atoms with Crippen LogP contribution in [-0.4, -0.2) is 193 Å². The SMILES string of the molecule is CC/C=C\C/C=C\C/C=C\C/C=C\CCCCCCCCCCC(=O)NC(COC1OC(CO)C(OC2OC(CO)C(OC3OC(CO)C(O)C(O)C3O)C(O)C2O)C(O)C1O)C(O)/C=C/CC/C=C/CC/C=C/CCCCCCCCCCCCC. The number of rotatable bonds is 49. The van der Waals surface area contributed by atoms with E-state index < -0.39 is 124 Å². The van der Waals surface area contributed by atoms with Gasteiger partial charge in [0, 0.05) is 6.42 Å². The van der Waals surface area contributed by atoms with Gasteiger partial charge in [-0.3, -0.25) is 4.79 Å². The van der Waals surface area contributed by atoms with Crippen molar-refractivity contribution in [2.75, 3.05) is 26.4 Å². The molecule has 0 saturated carbocycles. The summed E-state index contributed by atoms with van der Waals surface area (Å²) in [6.07, 6.45) is 35.5. The molecule has 0 radical (unpaired) electrons. The molecule has 0 aromatic rings. The Labute approximate surface area is 520 Å². The fourth-order valence-electron chi connectivity index (χ4n) is 10.7. The van der Waals surface area contributed by atoms with Crippen molar-refractivity contribution in [1.29, 1.82) is 0 Å². The van der Waals surface area contributed by atoms with Gasteiger partial charge in [0.05, 0.1) is 38.6 Å². The Hall–Kier alpha value is -3.03. The smallest absolute Gasteiger partial charge is 0.220 e. The lowest BCUT2D eigenvalue weighted by Gasteiger charge is -2.48. The van der Waals surface area contributed by atoms with E-state index in [9.17, 15) is 61.0 Å². The average Bonchev–Trinajstić information content (AvgIpc) is 2.40. The number of amides is 1. The lowest BCUT2D eigenvalue weighted by atomic mass is 9.96. The molecule has 0 spiro atoms. The number of carbonyl (C=O) groups is 1. The van der Waals surface area contributed by atoms with Crippen LogP contribution in [0.1, 0.15) is 206 Å². The van der Waals surface area contributed by atoms with Gasteiger partial charge in [-0.05, 0) is 83.5 Å². The predicted molar refractivity (Wildman–Crippen MR) is 337 cm³/mol. The van der Waals surface area contributed by atoms with Crippen LogP contribution in [-0.2, 0) is 33.2 Å². The minimum atomic E-state index is -1.99. The molecule has 0 aliphatic carbocycles. The third-order valence-corrected chi connectivity index (χ3v) is 16.2. The number of unbranched alkanes of at least 4 members (excludes halogenated alkanes) is 21. The van der Waals surface area contributed by atoms with Crippen LogP contribution in [0.3, 0.4) is 0 Å². The quantitative estimate of drug-likeness (QED) is 0.0203. The number of aliphatic hydroxyl groups is 11. The van der Waals surface area contributed by atoms with E-state index in [0.717, 1.165) is 89.9 Å². The number of ether oxygens (including phenoxy) is 6. The molecule has 19 nitrogen and oxygen atoms in total. The fraction of sp³-hybridized carbons (Fsp3) is 0.779. The van der Waals surface area contributed by atoms with Crippen molar-refractivity contribution in [3.8, 4) is 0 Å². The van der Waals surface area contributed by atoms with Crippen molar-refractivity contribution in [2.24, 2.45) is 0 Å². The van der Waals surface area contributed by atoms with Gasteiger partial charge in [-0.2, -0.15) is 0 Å². The standard InChI is InChI=1S/C68H117NO18/c1-3-5-7-9-11-13-15-17-19-21-23-25-27-29-31-33-35-37-39-41-43-45-52(73)51(69-56(74)46-44-42-40-38-36-34-32-30-28-26-24-22-20-18-16-14-12-10-8-6-4-2)50-82-66-62(80)59(77)64(54(48-71)84-66)87-68-63(81)60(78)65(55(49-72)85-68)86-67-61(79)58(76)57(75)53(47-70)83-67/h6,8,12,14,18,20,24,26-27,29,35,37,43,45,51-55,57-68,70-73,75-81H,3-5,7,9-11,13,15-17,19,21-23,25,28,30-34,36,38-42,44,46-50H2,1-2H3,(H,69,74)/b8-6-,14-12-,20-18-,26-24-,29-27+,37-35+,45-43+. The third-order valence-electron chi connectivity index (χ3n) is 16.2. The Balaban J connectivity index is 1.49. The number of carbonyl (C=O) groups excluding carboxylic acids is 1. The van der Waals surface area contributed by atoms with E-state index in [1.54, 1.807) is 6.08 Å². The summed E-state index contributed by atoms with van der Waals surface area (Å²) >= 11 is 0. The van der Waals surface area contributed by atoms with Crippen molar-refractivity contribution in [1.82, 2.24) is 5.32 Å². The Morgan fingerprint density at radius 3 is 1.29 bits per heavy atom. The first-order chi connectivity index (χ1) is 42.3. The fourth-order valence-corrected chi connectivity index (χ4v) is 10.7. The second-order valence-electron chi connectivity index (χ2n) is 23.5. The second-order valence-corrected chi connectivity index (χ2v) is 23.5. The van der Waals surface area contributed by atoms with Gasteiger partial charge in [0.25, 0.3) is 0 Å². The molecule has 17 unspecified atom stereocenters. The molecule has 502 valence electrons. The summed E-state index contributed by atoms with van der Waals surface area (Å²) in [5.41, 5.74) is 0. The lowest BCUT2D eigenvalue weighted by Crippen LogP contribution is -2.66. The monoisotopic (exact) mass is 1240 g/mol. The number of hydrogen-bond acceptors (Lipinski definition) is 18. The molecule has 19 heteroatoms. The molecular formula is C68H117NO18. The Morgan fingerprint density at radius 2 is 0.805 bits per heavy atom. The van der Waals surface area contributed by atoms with Crippen LogP contribution in [0.4, 0.5) is 0 Å². The van der Waals surface area contributed by atoms with Crippen molar-refractivity contribution < 1.29 is 89.4 Å². The van der Waals surface area contributed by atoms with E-state index in [0.29, 0.717) is 12.8 Å². The molecule has 0 aromatic carbocycles. The summed E-state index contributed by atoms with van der Waals surface area (Å²) in [4.78, 5) is 13.4. The maximum Gasteiger partial charge on any atom is 0.220 e. The summed E-state index contributed by atoms with van der Waals surface area (Å²) in [6, 6.07) is -1.01. The van der Waals surface area contributed by atoms with E-state index in [1.807, 2.05) is 6.08 Å². The van der Waals surface area contributed by atoms with Gasteiger partial charge in [0.1, 0.15) is 73.2 Å². The van der Waals surface area contributed by atoms with Gasteiger partial charge in [-0.25, -0.2) is 0 Å². The zero-order chi connectivity index (χ0) is 63.3. The first-order valence-electron chi connectivity index (χ1n) is 33.3. The molecule has 1 amide bonds. The number of hydrogen-bond donors (Lipinski definition) is 12. The molecule has 12 N–H and O–H groups in total. The maximum atomic E-state index is 13.4. The van der Waals surface area contributed by atoms with Crippen LogP contribution in [0.15, 0.2) is 85.1 Å². The first-order valence-corrected chi connectivity index (χ1v) is 33.3. The van der Waals surface area contributed by atoms with Crippen molar-refractivity contribution in [3.63, 3.8) is 0 Å². The molecule has 3 fully saturated rings. The largest absolute Gasteiger partial charge is 0.394 e. The van der Waals surface area contributed by atoms with Crippen LogP contribution < -0.4 is 5.32 Å². The van der Waals surface area contributed by atoms with Crippen LogP contribution >= 0.6 is 0 Å². The molecule has 17 atom stereocenters. The van der Waals surface area contributed by atoms with Gasteiger partial charge < -0.3 is 89.9 Å². The summed E-state index contributed by atoms with van der Waals surface area (Å²) in [6.45, 7) is 1.58.